The average molecular weight is 401 g/mol. The molecule has 2 N–H and O–H groups in total. The van der Waals surface area contributed by atoms with Crippen LogP contribution in [0.15, 0.2) is 51.4 Å². The highest BCUT2D eigenvalue weighted by atomic mass is 79.9. The number of hydrogen-bond acceptors (Lipinski definition) is 2. The Bertz CT molecular complexity index is 599. The highest BCUT2D eigenvalue weighted by Gasteiger charge is 2.07. The minimum absolute atomic E-state index is 0.332. The first-order chi connectivity index (χ1) is 9.06. The number of thiocarbonyl (C=S) groups is 1. The fraction of sp³-hybridized carbons (Fsp3) is 0.0714. The topological polar surface area (TPSA) is 35.2 Å². The Kier molecular flexibility index (Phi) is 4.96. The highest BCUT2D eigenvalue weighted by Crippen LogP contribution is 2.25. The van der Waals surface area contributed by atoms with Crippen molar-refractivity contribution in [3.8, 4) is 5.75 Å². The van der Waals surface area contributed by atoms with Gasteiger partial charge in [0.15, 0.2) is 0 Å². The van der Waals surface area contributed by atoms with Gasteiger partial charge < -0.3 is 10.5 Å². The van der Waals surface area contributed by atoms with Gasteiger partial charge in [-0.1, -0.05) is 56.2 Å². The summed E-state index contributed by atoms with van der Waals surface area (Å²) in [5.74, 6) is 0.685. The second-order valence-electron chi connectivity index (χ2n) is 3.92. The molecule has 0 bridgehead atoms. The fourth-order valence-corrected chi connectivity index (χ4v) is 2.33. The molecule has 0 fully saturated rings. The molecule has 0 aliphatic rings. The van der Waals surface area contributed by atoms with E-state index < -0.39 is 0 Å². The molecule has 0 atom stereocenters. The molecule has 0 aliphatic heterocycles. The first kappa shape index (κ1) is 14.5. The number of halogens is 2. The minimum Gasteiger partial charge on any atom is -0.488 e. The van der Waals surface area contributed by atoms with E-state index in [0.29, 0.717) is 17.3 Å². The quantitative estimate of drug-likeness (QED) is 0.771. The smallest absolute Gasteiger partial charge is 0.131 e. The molecule has 2 nitrogen and oxygen atoms in total. The Morgan fingerprint density at radius 3 is 2.32 bits per heavy atom. The van der Waals surface area contributed by atoms with Crippen molar-refractivity contribution in [2.75, 3.05) is 0 Å². The third-order valence-corrected chi connectivity index (χ3v) is 3.76. The Balaban J connectivity index is 2.16. The van der Waals surface area contributed by atoms with E-state index in [0.717, 1.165) is 20.1 Å². The van der Waals surface area contributed by atoms with Gasteiger partial charge in [0.1, 0.15) is 17.3 Å². The summed E-state index contributed by atoms with van der Waals surface area (Å²) in [5, 5.41) is 0. The van der Waals surface area contributed by atoms with E-state index >= 15 is 0 Å². The summed E-state index contributed by atoms with van der Waals surface area (Å²) in [5.41, 5.74) is 7.51. The van der Waals surface area contributed by atoms with Crippen LogP contribution in [0, 0.1) is 0 Å². The molecular formula is C14H11Br2NOS. The van der Waals surface area contributed by atoms with E-state index in [1.165, 1.54) is 0 Å². The average Bonchev–Trinajstić information content (AvgIpc) is 2.38. The van der Waals surface area contributed by atoms with Crippen molar-refractivity contribution in [3.05, 3.63) is 62.5 Å². The molecule has 5 heteroatoms. The molecular weight excluding hydrogens is 390 g/mol. The zero-order chi connectivity index (χ0) is 13.8. The van der Waals surface area contributed by atoms with Gasteiger partial charge >= 0.3 is 0 Å². The van der Waals surface area contributed by atoms with Crippen LogP contribution in [-0.2, 0) is 6.61 Å². The predicted octanol–water partition coefficient (Wildman–Crippen LogP) is 4.42. The Morgan fingerprint density at radius 1 is 1.05 bits per heavy atom. The molecule has 0 saturated heterocycles. The van der Waals surface area contributed by atoms with Crippen LogP contribution in [0.1, 0.15) is 11.1 Å². The molecule has 2 aromatic rings. The van der Waals surface area contributed by atoms with Crippen molar-refractivity contribution in [2.45, 2.75) is 6.61 Å². The maximum atomic E-state index is 5.79. The number of benzene rings is 2. The van der Waals surface area contributed by atoms with Crippen LogP contribution >= 0.6 is 44.1 Å². The zero-order valence-electron chi connectivity index (χ0n) is 9.90. The number of hydrogen-bond donors (Lipinski definition) is 1. The second-order valence-corrected chi connectivity index (χ2v) is 6.19. The summed E-state index contributed by atoms with van der Waals surface area (Å²) in [7, 11) is 0. The summed E-state index contributed by atoms with van der Waals surface area (Å²) < 4.78 is 7.77. The molecule has 0 amide bonds. The molecule has 2 rings (SSSR count). The van der Waals surface area contributed by atoms with Crippen LogP contribution in [0.2, 0.25) is 0 Å². The third kappa shape index (κ3) is 4.03. The van der Waals surface area contributed by atoms with E-state index in [2.05, 4.69) is 31.9 Å². The molecule has 98 valence electrons. The van der Waals surface area contributed by atoms with Crippen molar-refractivity contribution in [1.82, 2.24) is 0 Å². The molecule has 0 unspecified atom stereocenters. The van der Waals surface area contributed by atoms with E-state index in [4.69, 9.17) is 22.7 Å². The van der Waals surface area contributed by atoms with Crippen molar-refractivity contribution in [1.29, 1.82) is 0 Å². The van der Waals surface area contributed by atoms with E-state index in [-0.39, 0.29) is 0 Å². The molecule has 0 saturated carbocycles. The van der Waals surface area contributed by atoms with Gasteiger partial charge in [0.25, 0.3) is 0 Å². The van der Waals surface area contributed by atoms with Crippen LogP contribution in [0.25, 0.3) is 0 Å². The van der Waals surface area contributed by atoms with Gasteiger partial charge in [-0.2, -0.15) is 0 Å². The second kappa shape index (κ2) is 6.50. The number of nitrogens with two attached hydrogens (primary N) is 1. The van der Waals surface area contributed by atoms with E-state index in [9.17, 15) is 0 Å². The van der Waals surface area contributed by atoms with Crippen molar-refractivity contribution < 1.29 is 4.74 Å². The Hall–Kier alpha value is -0.910. The maximum absolute atomic E-state index is 5.79. The molecule has 0 aliphatic carbocycles. The van der Waals surface area contributed by atoms with Gasteiger partial charge in [0.05, 0.1) is 5.56 Å². The highest BCUT2D eigenvalue weighted by molar-refractivity contribution is 9.10. The maximum Gasteiger partial charge on any atom is 0.131 e. The van der Waals surface area contributed by atoms with Gasteiger partial charge in [-0.3, -0.25) is 0 Å². The summed E-state index contributed by atoms with van der Waals surface area (Å²) in [6.07, 6.45) is 0. The minimum atomic E-state index is 0.332. The van der Waals surface area contributed by atoms with E-state index in [1.54, 1.807) is 0 Å². The molecule has 0 spiro atoms. The Morgan fingerprint density at radius 2 is 1.68 bits per heavy atom. The van der Waals surface area contributed by atoms with Crippen LogP contribution in [0.3, 0.4) is 0 Å². The number of ether oxygens (including phenoxy) is 1. The first-order valence-electron chi connectivity index (χ1n) is 5.53. The van der Waals surface area contributed by atoms with E-state index in [1.807, 2.05) is 42.5 Å². The fourth-order valence-electron chi connectivity index (χ4n) is 1.56. The number of rotatable bonds is 4. The lowest BCUT2D eigenvalue weighted by Crippen LogP contribution is -2.11. The SMILES string of the molecule is NC(=S)c1ccc(Br)cc1OCc1ccc(Br)cc1. The van der Waals surface area contributed by atoms with Gasteiger partial charge in [0, 0.05) is 8.95 Å². The lowest BCUT2D eigenvalue weighted by Gasteiger charge is -2.11. The third-order valence-electron chi connectivity index (χ3n) is 2.52. The van der Waals surface area contributed by atoms with Crippen LogP contribution in [-0.4, -0.2) is 4.99 Å². The standard InChI is InChI=1S/C14H11Br2NOS/c15-10-3-1-9(2-4-10)8-18-13-7-11(16)5-6-12(13)14(17)19/h1-7H,8H2,(H2,17,19). The first-order valence-corrected chi connectivity index (χ1v) is 7.52. The van der Waals surface area contributed by atoms with Gasteiger partial charge in [0.2, 0.25) is 0 Å². The zero-order valence-corrected chi connectivity index (χ0v) is 13.9. The van der Waals surface area contributed by atoms with Crippen molar-refractivity contribution in [3.63, 3.8) is 0 Å². The molecule has 19 heavy (non-hydrogen) atoms. The summed E-state index contributed by atoms with van der Waals surface area (Å²) in [6.45, 7) is 0.472. The van der Waals surface area contributed by atoms with Crippen LogP contribution in [0.4, 0.5) is 0 Å². The summed E-state index contributed by atoms with van der Waals surface area (Å²) >= 11 is 11.8. The molecule has 0 aromatic heterocycles. The summed E-state index contributed by atoms with van der Waals surface area (Å²) in [4.78, 5) is 0.332. The van der Waals surface area contributed by atoms with Crippen molar-refractivity contribution in [2.24, 2.45) is 5.73 Å². The molecule has 0 heterocycles. The predicted molar refractivity (Wildman–Crippen MR) is 88.5 cm³/mol. The molecule has 2 aromatic carbocycles. The summed E-state index contributed by atoms with van der Waals surface area (Å²) in [6, 6.07) is 13.6. The van der Waals surface area contributed by atoms with Crippen molar-refractivity contribution >= 4 is 49.1 Å². The molecule has 0 radical (unpaired) electrons. The lowest BCUT2D eigenvalue weighted by atomic mass is 10.2. The van der Waals surface area contributed by atoms with Crippen LogP contribution in [0.5, 0.6) is 5.75 Å². The van der Waals surface area contributed by atoms with Crippen LogP contribution < -0.4 is 10.5 Å². The normalized spacial score (nSPS) is 10.2. The lowest BCUT2D eigenvalue weighted by molar-refractivity contribution is 0.305. The monoisotopic (exact) mass is 399 g/mol. The Labute approximate surface area is 134 Å². The van der Waals surface area contributed by atoms with Gasteiger partial charge in [-0.15, -0.1) is 0 Å². The largest absolute Gasteiger partial charge is 0.488 e. The van der Waals surface area contributed by atoms with Gasteiger partial charge in [-0.05, 0) is 35.9 Å². The van der Waals surface area contributed by atoms with Gasteiger partial charge in [-0.25, -0.2) is 0 Å².